The zero-order valence-electron chi connectivity index (χ0n) is 11.3. The van der Waals surface area contributed by atoms with Crippen molar-refractivity contribution in [2.24, 2.45) is 0 Å². The van der Waals surface area contributed by atoms with E-state index in [0.717, 1.165) is 38.2 Å². The van der Waals surface area contributed by atoms with Crippen LogP contribution >= 0.6 is 0 Å². The van der Waals surface area contributed by atoms with E-state index in [9.17, 15) is 18.0 Å². The maximum atomic E-state index is 11.9. The number of likely N-dealkylation sites (tertiary alicyclic amines) is 1. The van der Waals surface area contributed by atoms with Crippen LogP contribution in [0, 0.1) is 0 Å². The Bertz CT molecular complexity index is 631. The molecule has 0 aliphatic carbocycles. The maximum Gasteiger partial charge on any atom is 0.352 e. The highest BCUT2D eigenvalue weighted by Gasteiger charge is 2.20. The number of rotatable bonds is 6. The lowest BCUT2D eigenvalue weighted by molar-refractivity contribution is -0.129. The van der Waals surface area contributed by atoms with Crippen molar-refractivity contribution in [1.82, 2.24) is 14.6 Å². The number of hydrogen-bond donors (Lipinski definition) is 3. The van der Waals surface area contributed by atoms with Gasteiger partial charge in [-0.3, -0.25) is 4.79 Å². The second-order valence-electron chi connectivity index (χ2n) is 4.79. The summed E-state index contributed by atoms with van der Waals surface area (Å²) >= 11 is 0. The quantitative estimate of drug-likeness (QED) is 0.683. The normalized spacial score (nSPS) is 15.3. The number of amides is 1. The molecule has 21 heavy (non-hydrogen) atoms. The van der Waals surface area contributed by atoms with Crippen molar-refractivity contribution < 1.29 is 23.1 Å². The maximum absolute atomic E-state index is 11.9. The summed E-state index contributed by atoms with van der Waals surface area (Å²) < 4.78 is 26.1. The molecule has 3 N–H and O–H groups in total. The Morgan fingerprint density at radius 3 is 2.57 bits per heavy atom. The molecule has 0 unspecified atom stereocenters. The van der Waals surface area contributed by atoms with Gasteiger partial charge in [0.05, 0.1) is 0 Å². The van der Waals surface area contributed by atoms with Crippen molar-refractivity contribution in [2.75, 3.05) is 19.6 Å². The van der Waals surface area contributed by atoms with Gasteiger partial charge >= 0.3 is 5.97 Å². The molecule has 1 aliphatic rings. The molecule has 0 atom stereocenters. The number of hydrogen-bond acceptors (Lipinski definition) is 4. The van der Waals surface area contributed by atoms with Crippen molar-refractivity contribution in [2.45, 2.75) is 24.2 Å². The van der Waals surface area contributed by atoms with E-state index in [1.807, 2.05) is 0 Å². The minimum atomic E-state index is -3.81. The highest BCUT2D eigenvalue weighted by atomic mass is 32.2. The van der Waals surface area contributed by atoms with Gasteiger partial charge in [-0.25, -0.2) is 17.9 Å². The van der Waals surface area contributed by atoms with Gasteiger partial charge in [-0.2, -0.15) is 0 Å². The first-order chi connectivity index (χ1) is 9.90. The molecule has 9 heteroatoms. The summed E-state index contributed by atoms with van der Waals surface area (Å²) in [4.78, 5) is 26.4. The topological polar surface area (TPSA) is 120 Å². The Hall–Kier alpha value is -1.87. The molecule has 1 aromatic heterocycles. The number of aromatic nitrogens is 1. The molecule has 2 rings (SSSR count). The van der Waals surface area contributed by atoms with Crippen LogP contribution in [0.15, 0.2) is 17.2 Å². The smallest absolute Gasteiger partial charge is 0.352 e. The number of aromatic carboxylic acids is 1. The summed E-state index contributed by atoms with van der Waals surface area (Å²) in [7, 11) is -3.81. The third-order valence-electron chi connectivity index (χ3n) is 3.29. The van der Waals surface area contributed by atoms with Crippen LogP contribution in [0.1, 0.15) is 29.8 Å². The zero-order valence-corrected chi connectivity index (χ0v) is 12.1. The van der Waals surface area contributed by atoms with Crippen LogP contribution in [0.4, 0.5) is 0 Å². The summed E-state index contributed by atoms with van der Waals surface area (Å²) in [6, 6.07) is 1.03. The summed E-state index contributed by atoms with van der Waals surface area (Å²) in [5.74, 6) is -1.31. The lowest BCUT2D eigenvalue weighted by Gasteiger charge is -2.15. The molecule has 8 nitrogen and oxygen atoms in total. The zero-order chi connectivity index (χ0) is 15.5. The number of nitrogens with one attached hydrogen (secondary N) is 2. The third-order valence-corrected chi connectivity index (χ3v) is 4.73. The average Bonchev–Trinajstić information content (AvgIpc) is 3.10. The molecule has 116 valence electrons. The van der Waals surface area contributed by atoms with Crippen LogP contribution in [-0.4, -0.2) is 54.9 Å². The van der Waals surface area contributed by atoms with Gasteiger partial charge in [0.2, 0.25) is 15.9 Å². The van der Waals surface area contributed by atoms with E-state index in [0.29, 0.717) is 0 Å². The van der Waals surface area contributed by atoms with Gasteiger partial charge in [0.15, 0.2) is 0 Å². The van der Waals surface area contributed by atoms with E-state index in [4.69, 9.17) is 5.11 Å². The first kappa shape index (κ1) is 15.5. The molecule has 1 aliphatic heterocycles. The fourth-order valence-electron chi connectivity index (χ4n) is 2.15. The van der Waals surface area contributed by atoms with Crippen LogP contribution in [0.25, 0.3) is 0 Å². The van der Waals surface area contributed by atoms with Crippen molar-refractivity contribution >= 4 is 21.9 Å². The first-order valence-corrected chi connectivity index (χ1v) is 8.07. The molecule has 1 amide bonds. The summed E-state index contributed by atoms with van der Waals surface area (Å²) in [5, 5.41) is 8.74. The van der Waals surface area contributed by atoms with Gasteiger partial charge in [-0.15, -0.1) is 0 Å². The van der Waals surface area contributed by atoms with Crippen molar-refractivity contribution in [3.8, 4) is 0 Å². The number of carbonyl (C=O) groups is 2. The minimum absolute atomic E-state index is 0.00868. The molecule has 1 aromatic rings. The number of sulfonamides is 1. The molecule has 0 bridgehead atoms. The Labute approximate surface area is 122 Å². The molecule has 0 aromatic carbocycles. The summed E-state index contributed by atoms with van der Waals surface area (Å²) in [5.41, 5.74) is -0.205. The molecule has 0 spiro atoms. The van der Waals surface area contributed by atoms with Gasteiger partial charge in [0.25, 0.3) is 0 Å². The van der Waals surface area contributed by atoms with Gasteiger partial charge in [-0.05, 0) is 18.9 Å². The average molecular weight is 315 g/mol. The largest absolute Gasteiger partial charge is 0.477 e. The SMILES string of the molecule is O=C(O)c1cc(S(=O)(=O)NCCC(=O)N2CCCC2)c[nH]1. The Morgan fingerprint density at radius 1 is 1.33 bits per heavy atom. The van der Waals surface area contributed by atoms with E-state index < -0.39 is 16.0 Å². The van der Waals surface area contributed by atoms with Crippen LogP contribution in [0.3, 0.4) is 0 Å². The lowest BCUT2D eigenvalue weighted by Crippen LogP contribution is -2.32. The number of H-pyrrole nitrogens is 1. The van der Waals surface area contributed by atoms with Crippen molar-refractivity contribution in [3.63, 3.8) is 0 Å². The third kappa shape index (κ3) is 3.82. The monoisotopic (exact) mass is 315 g/mol. The minimum Gasteiger partial charge on any atom is -0.477 e. The van der Waals surface area contributed by atoms with Gasteiger partial charge in [-0.1, -0.05) is 0 Å². The van der Waals surface area contributed by atoms with E-state index in [2.05, 4.69) is 9.71 Å². The molecule has 2 heterocycles. The van der Waals surface area contributed by atoms with Crippen LogP contribution < -0.4 is 4.72 Å². The second kappa shape index (κ2) is 6.27. The number of nitrogens with zero attached hydrogens (tertiary/aromatic N) is 1. The van der Waals surface area contributed by atoms with Gasteiger partial charge < -0.3 is 15.0 Å². The van der Waals surface area contributed by atoms with Crippen LogP contribution in [-0.2, 0) is 14.8 Å². The second-order valence-corrected chi connectivity index (χ2v) is 6.56. The molecule has 0 radical (unpaired) electrons. The first-order valence-electron chi connectivity index (χ1n) is 6.59. The van der Waals surface area contributed by atoms with Crippen molar-refractivity contribution in [1.29, 1.82) is 0 Å². The Kier molecular flexibility index (Phi) is 4.63. The molecular formula is C12H17N3O5S. The Balaban J connectivity index is 1.88. The van der Waals surface area contributed by atoms with E-state index >= 15 is 0 Å². The van der Waals surface area contributed by atoms with E-state index in [1.54, 1.807) is 4.90 Å². The van der Waals surface area contributed by atoms with E-state index in [1.165, 1.54) is 0 Å². The molecule has 1 fully saturated rings. The number of carboxylic acids is 1. The molecule has 1 saturated heterocycles. The van der Waals surface area contributed by atoms with Crippen LogP contribution in [0.2, 0.25) is 0 Å². The number of aromatic amines is 1. The lowest BCUT2D eigenvalue weighted by atomic mass is 10.4. The van der Waals surface area contributed by atoms with Crippen molar-refractivity contribution in [3.05, 3.63) is 18.0 Å². The molecular weight excluding hydrogens is 298 g/mol. The van der Waals surface area contributed by atoms with Gasteiger partial charge in [0.1, 0.15) is 10.6 Å². The predicted octanol–water partition coefficient (Wildman–Crippen LogP) is 0.00370. The Morgan fingerprint density at radius 2 is 2.00 bits per heavy atom. The fraction of sp³-hybridized carbons (Fsp3) is 0.500. The highest BCUT2D eigenvalue weighted by molar-refractivity contribution is 7.89. The molecule has 0 saturated carbocycles. The summed E-state index contributed by atoms with van der Waals surface area (Å²) in [6.07, 6.45) is 3.17. The standard InChI is InChI=1S/C12H17N3O5S/c16-11(15-5-1-2-6-15)3-4-14-21(19,20)9-7-10(12(17)18)13-8-9/h7-8,13-14H,1-6H2,(H,17,18). The predicted molar refractivity (Wildman–Crippen MR) is 73.4 cm³/mol. The number of carbonyl (C=O) groups excluding carboxylic acids is 1. The van der Waals surface area contributed by atoms with Crippen LogP contribution in [0.5, 0.6) is 0 Å². The number of carboxylic acid groups (broad SMARTS) is 1. The fourth-order valence-corrected chi connectivity index (χ4v) is 3.18. The highest BCUT2D eigenvalue weighted by Crippen LogP contribution is 2.11. The van der Waals surface area contributed by atoms with E-state index in [-0.39, 0.29) is 29.5 Å². The van der Waals surface area contributed by atoms with Gasteiger partial charge in [0, 0.05) is 32.3 Å². The summed E-state index contributed by atoms with van der Waals surface area (Å²) in [6.45, 7) is 1.45.